The van der Waals surface area contributed by atoms with Crippen LogP contribution in [0.15, 0.2) is 18.2 Å². The van der Waals surface area contributed by atoms with Crippen molar-refractivity contribution in [1.29, 1.82) is 0 Å². The van der Waals surface area contributed by atoms with E-state index < -0.39 is 0 Å². The largest absolute Gasteiger partial charge is 0.484 e. The Kier molecular flexibility index (Phi) is 5.46. The van der Waals surface area contributed by atoms with Gasteiger partial charge in [0.25, 0.3) is 0 Å². The molecule has 4 heteroatoms. The molecule has 0 amide bonds. The molecule has 0 saturated carbocycles. The van der Waals surface area contributed by atoms with Gasteiger partial charge in [0.05, 0.1) is 18.8 Å². The van der Waals surface area contributed by atoms with Crippen molar-refractivity contribution in [3.8, 4) is 5.75 Å². The van der Waals surface area contributed by atoms with Crippen molar-refractivity contribution in [3.63, 3.8) is 0 Å². The van der Waals surface area contributed by atoms with E-state index in [0.29, 0.717) is 6.54 Å². The summed E-state index contributed by atoms with van der Waals surface area (Å²) in [5.74, 6) is 0.999. The van der Waals surface area contributed by atoms with E-state index >= 15 is 0 Å². The molecule has 22 heavy (non-hydrogen) atoms. The Morgan fingerprint density at radius 3 is 2.82 bits per heavy atom. The van der Waals surface area contributed by atoms with E-state index in [1.54, 1.807) is 0 Å². The van der Waals surface area contributed by atoms with Crippen molar-refractivity contribution in [2.45, 2.75) is 46.1 Å². The summed E-state index contributed by atoms with van der Waals surface area (Å²) in [6, 6.07) is 5.69. The van der Waals surface area contributed by atoms with Crippen LogP contribution in [0.3, 0.4) is 0 Å². The van der Waals surface area contributed by atoms with E-state index in [4.69, 9.17) is 4.74 Å². The average molecular weight is 304 g/mol. The number of Topliss-reactive ketones (excluding diaryl/α,β-unsaturated/α-hetero) is 1. The highest BCUT2D eigenvalue weighted by Gasteiger charge is 2.26. The number of nitrogens with one attached hydrogen (secondary N) is 1. The Bertz CT molecular complexity index is 526. The van der Waals surface area contributed by atoms with Gasteiger partial charge in [-0.1, -0.05) is 20.3 Å². The number of ketones is 1. The Morgan fingerprint density at radius 1 is 1.36 bits per heavy atom. The van der Waals surface area contributed by atoms with Crippen molar-refractivity contribution < 1.29 is 9.53 Å². The molecular weight excluding hydrogens is 276 g/mol. The molecule has 1 aromatic carbocycles. The molecular formula is C18H28N2O2. The van der Waals surface area contributed by atoms with E-state index in [9.17, 15) is 4.79 Å². The van der Waals surface area contributed by atoms with Crippen LogP contribution in [0.5, 0.6) is 5.75 Å². The summed E-state index contributed by atoms with van der Waals surface area (Å²) in [4.78, 5) is 14.7. The Morgan fingerprint density at radius 2 is 2.14 bits per heavy atom. The second-order valence-corrected chi connectivity index (χ2v) is 6.57. The molecule has 0 fully saturated rings. The fraction of sp³-hybridized carbons (Fsp3) is 0.611. The number of likely N-dealkylation sites (N-methyl/N-ethyl adjacent to an activating group) is 1. The molecule has 1 aromatic rings. The maximum atomic E-state index is 12.5. The summed E-state index contributed by atoms with van der Waals surface area (Å²) < 4.78 is 5.93. The lowest BCUT2D eigenvalue weighted by Gasteiger charge is -2.33. The van der Waals surface area contributed by atoms with Crippen LogP contribution in [0.2, 0.25) is 0 Å². The molecule has 1 N–H and O–H groups in total. The lowest BCUT2D eigenvalue weighted by molar-refractivity contribution is 0.0932. The number of ether oxygens (including phenoxy) is 1. The molecule has 1 aliphatic rings. The average Bonchev–Trinajstić information content (AvgIpc) is 2.49. The number of hydrogen-bond acceptors (Lipinski definition) is 4. The smallest absolute Gasteiger partial charge is 0.176 e. The molecule has 0 saturated heterocycles. The first-order chi connectivity index (χ1) is 10.4. The first kappa shape index (κ1) is 16.8. The molecule has 0 atom stereocenters. The molecule has 1 aliphatic heterocycles. The van der Waals surface area contributed by atoms with Crippen LogP contribution in [-0.2, 0) is 0 Å². The highest BCUT2D eigenvalue weighted by Crippen LogP contribution is 2.33. The van der Waals surface area contributed by atoms with Gasteiger partial charge < -0.3 is 10.1 Å². The summed E-state index contributed by atoms with van der Waals surface area (Å²) in [6.45, 7) is 11.5. The normalized spacial score (nSPS) is 15.9. The summed E-state index contributed by atoms with van der Waals surface area (Å²) in [5, 5.41) is 3.36. The minimum absolute atomic E-state index is 0.174. The Labute approximate surface area is 133 Å². The maximum absolute atomic E-state index is 12.5. The fourth-order valence-electron chi connectivity index (χ4n) is 2.60. The fourth-order valence-corrected chi connectivity index (χ4v) is 2.60. The molecule has 0 spiro atoms. The maximum Gasteiger partial charge on any atom is 0.176 e. The Hall–Kier alpha value is -1.55. The third-order valence-electron chi connectivity index (χ3n) is 4.03. The third kappa shape index (κ3) is 4.23. The van der Waals surface area contributed by atoms with Gasteiger partial charge in [0.15, 0.2) is 5.78 Å². The highest BCUT2D eigenvalue weighted by atomic mass is 16.5. The van der Waals surface area contributed by atoms with Gasteiger partial charge in [0, 0.05) is 5.56 Å². The van der Waals surface area contributed by atoms with E-state index in [1.165, 1.54) is 0 Å². The molecule has 4 nitrogen and oxygen atoms in total. The number of carbonyl (C=O) groups is 1. The number of benzene rings is 1. The predicted molar refractivity (Wildman–Crippen MR) is 91.0 cm³/mol. The molecule has 0 unspecified atom stereocenters. The first-order valence-corrected chi connectivity index (χ1v) is 8.27. The van der Waals surface area contributed by atoms with Crippen LogP contribution >= 0.6 is 0 Å². The lowest BCUT2D eigenvalue weighted by Crippen LogP contribution is -2.40. The number of rotatable bonds is 7. The van der Waals surface area contributed by atoms with Crippen molar-refractivity contribution in [2.75, 3.05) is 31.5 Å². The molecule has 0 aliphatic carbocycles. The van der Waals surface area contributed by atoms with Crippen LogP contribution in [0.4, 0.5) is 5.69 Å². The second kappa shape index (κ2) is 7.14. The van der Waals surface area contributed by atoms with Crippen LogP contribution in [0.1, 0.15) is 50.9 Å². The van der Waals surface area contributed by atoms with Gasteiger partial charge in [0.1, 0.15) is 11.4 Å². The minimum Gasteiger partial charge on any atom is -0.484 e. The SMILES string of the molecule is CCCCN(CC)CC(=O)c1ccc2c(c1)NCC(C)(C)O2. The van der Waals surface area contributed by atoms with Crippen LogP contribution < -0.4 is 10.1 Å². The molecule has 0 radical (unpaired) electrons. The van der Waals surface area contributed by atoms with Crippen molar-refractivity contribution in [2.24, 2.45) is 0 Å². The topological polar surface area (TPSA) is 41.6 Å². The van der Waals surface area contributed by atoms with Crippen molar-refractivity contribution in [3.05, 3.63) is 23.8 Å². The number of nitrogens with zero attached hydrogens (tertiary/aromatic N) is 1. The third-order valence-corrected chi connectivity index (χ3v) is 4.03. The summed E-state index contributed by atoms with van der Waals surface area (Å²) >= 11 is 0. The van der Waals surface area contributed by atoms with Crippen molar-refractivity contribution in [1.82, 2.24) is 4.90 Å². The standard InChI is InChI=1S/C18H28N2O2/c1-5-7-10-20(6-2)12-16(21)14-8-9-17-15(11-14)19-13-18(3,4)22-17/h8-9,11,19H,5-7,10,12-13H2,1-4H3. The molecule has 122 valence electrons. The lowest BCUT2D eigenvalue weighted by atomic mass is 10.0. The first-order valence-electron chi connectivity index (χ1n) is 8.27. The summed E-state index contributed by atoms with van der Waals surface area (Å²) in [6.07, 6.45) is 2.29. The van der Waals surface area contributed by atoms with Gasteiger partial charge >= 0.3 is 0 Å². The van der Waals surface area contributed by atoms with Gasteiger partial charge in [-0.25, -0.2) is 0 Å². The molecule has 0 aromatic heterocycles. The van der Waals surface area contributed by atoms with Crippen LogP contribution in [0, 0.1) is 0 Å². The van der Waals surface area contributed by atoms with Gasteiger partial charge in [0.2, 0.25) is 0 Å². The number of anilines is 1. The zero-order valence-electron chi connectivity index (χ0n) is 14.2. The predicted octanol–water partition coefficient (Wildman–Crippen LogP) is 3.57. The van der Waals surface area contributed by atoms with Gasteiger partial charge in [-0.3, -0.25) is 9.69 Å². The number of fused-ring (bicyclic) bond motifs is 1. The highest BCUT2D eigenvalue weighted by molar-refractivity contribution is 5.98. The van der Waals surface area contributed by atoms with Gasteiger partial charge in [-0.05, 0) is 51.6 Å². The number of hydrogen-bond donors (Lipinski definition) is 1. The minimum atomic E-state index is -0.211. The van der Waals surface area contributed by atoms with Gasteiger partial charge in [-0.2, -0.15) is 0 Å². The number of unbranched alkanes of at least 4 members (excludes halogenated alkanes) is 1. The van der Waals surface area contributed by atoms with E-state index in [2.05, 4.69) is 37.9 Å². The van der Waals surface area contributed by atoms with Gasteiger partial charge in [-0.15, -0.1) is 0 Å². The van der Waals surface area contributed by atoms with E-state index in [1.807, 2.05) is 18.2 Å². The zero-order valence-corrected chi connectivity index (χ0v) is 14.2. The molecule has 0 bridgehead atoms. The second-order valence-electron chi connectivity index (χ2n) is 6.57. The van der Waals surface area contributed by atoms with Crippen LogP contribution in [-0.4, -0.2) is 42.5 Å². The van der Waals surface area contributed by atoms with E-state index in [0.717, 1.165) is 49.5 Å². The number of carbonyl (C=O) groups excluding carboxylic acids is 1. The van der Waals surface area contributed by atoms with E-state index in [-0.39, 0.29) is 11.4 Å². The summed E-state index contributed by atoms with van der Waals surface area (Å²) in [5.41, 5.74) is 1.46. The monoisotopic (exact) mass is 304 g/mol. The molecule has 2 rings (SSSR count). The quantitative estimate of drug-likeness (QED) is 0.782. The molecule has 1 heterocycles. The van der Waals surface area contributed by atoms with Crippen LogP contribution in [0.25, 0.3) is 0 Å². The van der Waals surface area contributed by atoms with Crippen molar-refractivity contribution >= 4 is 11.5 Å². The Balaban J connectivity index is 2.05. The summed E-state index contributed by atoms with van der Waals surface area (Å²) in [7, 11) is 0. The zero-order chi connectivity index (χ0) is 16.2.